The highest BCUT2D eigenvalue weighted by Gasteiger charge is 2.63. The Morgan fingerprint density at radius 2 is 0.821 bits per heavy atom. The SMILES string of the molecule is NC(=O)NCCCC1NC(=O)C(CC(=O)O)NC(=O)C23CC4CC(CC(C4)(C2)NC(=O)C(CCCNC(N)=O)NC(=O)C(CCCNC(N)=O)NC(=O)C24CC5CC(CC(C5)(C2)NC1=O)C4)C3. The molecule has 9 rings (SSSR count). The zero-order valence-corrected chi connectivity index (χ0v) is 37.9. The molecular weight excluding hydrogens is 873 g/mol. The lowest BCUT2D eigenvalue weighted by molar-refractivity contribution is -0.157. The van der Waals surface area contributed by atoms with Gasteiger partial charge in [-0.1, -0.05) is 0 Å². The molecule has 1 aliphatic heterocycles. The molecule has 1 saturated heterocycles. The average molecular weight is 941 g/mol. The molecule has 12 amide bonds. The van der Waals surface area contributed by atoms with Gasteiger partial charge in [-0.15, -0.1) is 0 Å². The fourth-order valence-corrected chi connectivity index (χ4v) is 14.0. The maximum atomic E-state index is 14.8. The number of carbonyl (C=O) groups is 10. The lowest BCUT2D eigenvalue weighted by Crippen LogP contribution is -2.69. The van der Waals surface area contributed by atoms with E-state index in [1.54, 1.807) is 0 Å². The highest BCUT2D eigenvalue weighted by atomic mass is 16.4. The normalized spacial score (nSPS) is 37.0. The highest BCUT2D eigenvalue weighted by molar-refractivity contribution is 5.96. The van der Waals surface area contributed by atoms with Crippen LogP contribution in [0.5, 0.6) is 0 Å². The lowest BCUT2D eigenvalue weighted by Gasteiger charge is -2.61. The van der Waals surface area contributed by atoms with E-state index in [4.69, 9.17) is 17.2 Å². The minimum Gasteiger partial charge on any atom is -0.481 e. The number of rotatable bonds is 14. The van der Waals surface area contributed by atoms with Crippen molar-refractivity contribution in [1.29, 1.82) is 0 Å². The monoisotopic (exact) mass is 941 g/mol. The van der Waals surface area contributed by atoms with Crippen LogP contribution in [0.25, 0.3) is 0 Å². The molecule has 1 heterocycles. The molecule has 8 unspecified atom stereocenters. The number of primary amides is 3. The number of urea groups is 3. The molecule has 23 nitrogen and oxygen atoms in total. The summed E-state index contributed by atoms with van der Waals surface area (Å²) in [5.41, 5.74) is 12.1. The number of aliphatic carboxylic acids is 1. The quantitative estimate of drug-likeness (QED) is 0.0905. The fourth-order valence-electron chi connectivity index (χ4n) is 14.0. The van der Waals surface area contributed by atoms with Gasteiger partial charge in [0.15, 0.2) is 0 Å². The van der Waals surface area contributed by atoms with Crippen LogP contribution >= 0.6 is 0 Å². The number of hydrogen-bond donors (Lipinski definition) is 13. The molecule has 8 atom stereocenters. The van der Waals surface area contributed by atoms with Crippen LogP contribution < -0.4 is 65.1 Å². The highest BCUT2D eigenvalue weighted by Crippen LogP contribution is 2.63. The second-order valence-electron chi connectivity index (χ2n) is 21.1. The van der Waals surface area contributed by atoms with Gasteiger partial charge in [0.1, 0.15) is 24.2 Å². The molecular formula is C44H68N12O11. The summed E-state index contributed by atoms with van der Waals surface area (Å²) in [7, 11) is 0. The van der Waals surface area contributed by atoms with Crippen LogP contribution in [0.15, 0.2) is 0 Å². The Labute approximate surface area is 388 Å². The van der Waals surface area contributed by atoms with Crippen LogP contribution in [0.2, 0.25) is 0 Å². The van der Waals surface area contributed by atoms with Crippen LogP contribution in [0.1, 0.15) is 122 Å². The molecule has 0 aromatic rings. The first kappa shape index (κ1) is 49.0. The Kier molecular flexibility index (Phi) is 14.4. The van der Waals surface area contributed by atoms with Crippen molar-refractivity contribution < 1.29 is 53.1 Å². The van der Waals surface area contributed by atoms with Crippen LogP contribution in [0.4, 0.5) is 14.4 Å². The van der Waals surface area contributed by atoms with E-state index in [-0.39, 0.29) is 101 Å². The van der Waals surface area contributed by atoms with Crippen molar-refractivity contribution in [2.24, 2.45) is 51.7 Å². The Bertz CT molecular complexity index is 1990. The van der Waals surface area contributed by atoms with Crippen LogP contribution in [-0.4, -0.2) is 119 Å². The molecule has 8 saturated carbocycles. The smallest absolute Gasteiger partial charge is 0.312 e. The molecule has 4 spiro atoms. The molecule has 8 bridgehead atoms. The van der Waals surface area contributed by atoms with Crippen LogP contribution in [0, 0.1) is 34.5 Å². The minimum atomic E-state index is -1.57. The largest absolute Gasteiger partial charge is 0.481 e. The molecule has 9 fully saturated rings. The molecule has 0 aromatic carbocycles. The van der Waals surface area contributed by atoms with Gasteiger partial charge >= 0.3 is 24.1 Å². The zero-order valence-electron chi connectivity index (χ0n) is 37.9. The van der Waals surface area contributed by atoms with Crippen molar-refractivity contribution in [3.8, 4) is 0 Å². The van der Waals surface area contributed by atoms with E-state index < -0.39 is 106 Å². The number of amides is 12. The summed E-state index contributed by atoms with van der Waals surface area (Å²) in [5, 5.41) is 35.3. The molecule has 67 heavy (non-hydrogen) atoms. The third-order valence-corrected chi connectivity index (χ3v) is 15.7. The Morgan fingerprint density at radius 3 is 1.16 bits per heavy atom. The van der Waals surface area contributed by atoms with E-state index >= 15 is 0 Å². The second-order valence-corrected chi connectivity index (χ2v) is 21.1. The van der Waals surface area contributed by atoms with Gasteiger partial charge in [0.2, 0.25) is 35.4 Å². The predicted molar refractivity (Wildman–Crippen MR) is 236 cm³/mol. The molecule has 8 aliphatic carbocycles. The maximum absolute atomic E-state index is 14.8. The second kappa shape index (κ2) is 19.7. The molecule has 0 aromatic heterocycles. The summed E-state index contributed by atoms with van der Waals surface area (Å²) in [6, 6.07) is -7.40. The third kappa shape index (κ3) is 11.5. The number of nitrogens with one attached hydrogen (secondary N) is 9. The van der Waals surface area contributed by atoms with Gasteiger partial charge < -0.3 is 70.2 Å². The third-order valence-electron chi connectivity index (χ3n) is 15.7. The first-order chi connectivity index (χ1) is 31.7. The van der Waals surface area contributed by atoms with Gasteiger partial charge in [-0.05, 0) is 139 Å². The van der Waals surface area contributed by atoms with Crippen LogP contribution in [-0.2, 0) is 33.6 Å². The molecule has 16 N–H and O–H groups in total. The van der Waals surface area contributed by atoms with Gasteiger partial charge in [-0.25, -0.2) is 14.4 Å². The van der Waals surface area contributed by atoms with E-state index in [9.17, 15) is 53.1 Å². The number of carbonyl (C=O) groups excluding carboxylic acids is 9. The average Bonchev–Trinajstić information content (AvgIpc) is 3.21. The van der Waals surface area contributed by atoms with Gasteiger partial charge in [-0.3, -0.25) is 33.6 Å². The van der Waals surface area contributed by atoms with E-state index in [2.05, 4.69) is 47.9 Å². The standard InChI is InChI=1S/C44H68N12O11/c45-38(65)48-7-1-4-27-32(59)51-28(5-2-8-49-39(46)66)34(61)55-44-19-25-11-26(20-44)16-42(15-25,22-44)37(64)54-30(12-31(57)58)33(60)52-29(6-3-9-50-40(47)67)35(62)56-43-17-23-10-24(18-43)14-41(13-23,21-43)36(63)53-27/h23-30H,1-22H2,(H,51,59)(H,52,60)(H,53,63)(H,54,64)(H,55,61)(H,56,62)(H,57,58)(H3,45,48,65)(H3,46,49,66)(H3,47,50,67). The number of carboxylic acid groups (broad SMARTS) is 1. The lowest BCUT2D eigenvalue weighted by atomic mass is 9.46. The molecule has 370 valence electrons. The summed E-state index contributed by atoms with van der Waals surface area (Å²) in [6.07, 6.45) is 6.22. The van der Waals surface area contributed by atoms with Crippen molar-refractivity contribution in [1.82, 2.24) is 47.9 Å². The van der Waals surface area contributed by atoms with Crippen molar-refractivity contribution in [2.75, 3.05) is 19.6 Å². The van der Waals surface area contributed by atoms with E-state index in [1.807, 2.05) is 0 Å². The summed E-state index contributed by atoms with van der Waals surface area (Å²) in [6.45, 7) is 0.288. The fraction of sp³-hybridized carbons (Fsp3) is 0.773. The Balaban J connectivity index is 1.24. The number of carboxylic acids is 1. The first-order valence-corrected chi connectivity index (χ1v) is 23.9. The van der Waals surface area contributed by atoms with Gasteiger partial charge in [0, 0.05) is 30.7 Å². The number of hydrogen-bond acceptors (Lipinski definition) is 10. The van der Waals surface area contributed by atoms with Gasteiger partial charge in [0.05, 0.1) is 17.3 Å². The maximum Gasteiger partial charge on any atom is 0.312 e. The predicted octanol–water partition coefficient (Wildman–Crippen LogP) is -1.33. The summed E-state index contributed by atoms with van der Waals surface area (Å²) >= 11 is 0. The van der Waals surface area contributed by atoms with Crippen molar-refractivity contribution in [3.05, 3.63) is 0 Å². The van der Waals surface area contributed by atoms with E-state index in [0.29, 0.717) is 51.4 Å². The van der Waals surface area contributed by atoms with Crippen molar-refractivity contribution in [3.63, 3.8) is 0 Å². The minimum absolute atomic E-state index is 0.0109. The van der Waals surface area contributed by atoms with Crippen LogP contribution in [0.3, 0.4) is 0 Å². The summed E-state index contributed by atoms with van der Waals surface area (Å²) in [5.74, 6) is -4.77. The molecule has 9 aliphatic rings. The van der Waals surface area contributed by atoms with E-state index in [1.165, 1.54) is 0 Å². The first-order valence-electron chi connectivity index (χ1n) is 23.9. The van der Waals surface area contributed by atoms with Gasteiger partial charge in [-0.2, -0.15) is 0 Å². The van der Waals surface area contributed by atoms with E-state index in [0.717, 1.165) is 12.8 Å². The Hall–Kier alpha value is -5.90. The summed E-state index contributed by atoms with van der Waals surface area (Å²) < 4.78 is 0. The van der Waals surface area contributed by atoms with Crippen molar-refractivity contribution >= 4 is 59.5 Å². The molecule has 23 heteroatoms. The Morgan fingerprint density at radius 1 is 0.493 bits per heavy atom. The number of nitrogens with two attached hydrogens (primary N) is 3. The topological polar surface area (TPSA) is 377 Å². The van der Waals surface area contributed by atoms with Gasteiger partial charge in [0.25, 0.3) is 0 Å². The van der Waals surface area contributed by atoms with Crippen molar-refractivity contribution in [2.45, 2.75) is 157 Å². The zero-order chi connectivity index (χ0) is 48.3. The summed E-state index contributed by atoms with van der Waals surface area (Å²) in [4.78, 5) is 134. The molecule has 0 radical (unpaired) electrons.